The van der Waals surface area contributed by atoms with E-state index in [1.54, 1.807) is 23.5 Å². The lowest BCUT2D eigenvalue weighted by Crippen LogP contribution is -2.17. The molecule has 3 rings (SSSR count). The van der Waals surface area contributed by atoms with Crippen molar-refractivity contribution in [2.24, 2.45) is 5.73 Å². The molecule has 0 spiro atoms. The molecule has 0 aliphatic carbocycles. The van der Waals surface area contributed by atoms with E-state index in [9.17, 15) is 4.79 Å². The molecule has 21 heavy (non-hydrogen) atoms. The first-order valence-electron chi connectivity index (χ1n) is 6.74. The van der Waals surface area contributed by atoms with Crippen molar-refractivity contribution in [1.82, 2.24) is 4.98 Å². The van der Waals surface area contributed by atoms with Crippen molar-refractivity contribution in [1.29, 1.82) is 0 Å². The molecular formula is C15H16N2O3S. The van der Waals surface area contributed by atoms with Gasteiger partial charge >= 0.3 is 0 Å². The van der Waals surface area contributed by atoms with E-state index in [1.165, 1.54) is 0 Å². The van der Waals surface area contributed by atoms with Crippen LogP contribution in [-0.2, 0) is 4.74 Å². The van der Waals surface area contributed by atoms with Gasteiger partial charge in [-0.3, -0.25) is 4.79 Å². The van der Waals surface area contributed by atoms with E-state index >= 15 is 0 Å². The van der Waals surface area contributed by atoms with Crippen LogP contribution in [0, 0.1) is 6.92 Å². The van der Waals surface area contributed by atoms with Crippen molar-refractivity contribution >= 4 is 17.2 Å². The largest absolute Gasteiger partial charge is 0.488 e. The Balaban J connectivity index is 1.95. The summed E-state index contributed by atoms with van der Waals surface area (Å²) in [4.78, 5) is 17.0. The third-order valence-electron chi connectivity index (χ3n) is 3.25. The molecule has 2 heterocycles. The zero-order valence-electron chi connectivity index (χ0n) is 11.7. The summed E-state index contributed by atoms with van der Waals surface area (Å²) in [6.45, 7) is 3.28. The summed E-state index contributed by atoms with van der Waals surface area (Å²) in [6, 6.07) is 5.31. The maximum absolute atomic E-state index is 11.5. The summed E-state index contributed by atoms with van der Waals surface area (Å²) in [5.41, 5.74) is 6.68. The second-order valence-corrected chi connectivity index (χ2v) is 6.22. The molecule has 0 unspecified atom stereocenters. The van der Waals surface area contributed by atoms with Gasteiger partial charge in [0.25, 0.3) is 0 Å². The van der Waals surface area contributed by atoms with E-state index < -0.39 is 5.91 Å². The predicted molar refractivity (Wildman–Crippen MR) is 80.7 cm³/mol. The van der Waals surface area contributed by atoms with Gasteiger partial charge in [-0.1, -0.05) is 0 Å². The molecule has 2 N–H and O–H groups in total. The zero-order valence-corrected chi connectivity index (χ0v) is 12.5. The third-order valence-corrected chi connectivity index (χ3v) is 4.21. The fourth-order valence-corrected chi connectivity index (χ4v) is 2.97. The Morgan fingerprint density at radius 2 is 2.33 bits per heavy atom. The van der Waals surface area contributed by atoms with Gasteiger partial charge in [-0.25, -0.2) is 4.98 Å². The highest BCUT2D eigenvalue weighted by atomic mass is 32.1. The fraction of sp³-hybridized carbons (Fsp3) is 0.333. The van der Waals surface area contributed by atoms with Crippen LogP contribution in [-0.4, -0.2) is 30.2 Å². The van der Waals surface area contributed by atoms with Crippen LogP contribution in [0.5, 0.6) is 5.75 Å². The fourth-order valence-electron chi connectivity index (χ4n) is 2.22. The lowest BCUT2D eigenvalue weighted by atomic mass is 10.1. The summed E-state index contributed by atoms with van der Waals surface area (Å²) < 4.78 is 11.2. The summed E-state index contributed by atoms with van der Waals surface area (Å²) in [5.74, 6) is 0.155. The molecule has 5 nitrogen and oxygen atoms in total. The number of benzene rings is 1. The summed E-state index contributed by atoms with van der Waals surface area (Å²) in [5, 5.41) is 0.850. The van der Waals surface area contributed by atoms with Crippen LogP contribution in [0.15, 0.2) is 24.4 Å². The van der Waals surface area contributed by atoms with E-state index in [0.717, 1.165) is 21.9 Å². The van der Waals surface area contributed by atoms with Crippen molar-refractivity contribution in [2.45, 2.75) is 19.4 Å². The highest BCUT2D eigenvalue weighted by Crippen LogP contribution is 2.30. The molecule has 0 radical (unpaired) electrons. The molecule has 2 aromatic rings. The molecule has 1 amide bonds. The number of nitrogens with two attached hydrogens (primary N) is 1. The first-order valence-corrected chi connectivity index (χ1v) is 7.55. The Labute approximate surface area is 126 Å². The number of primary amides is 1. The van der Waals surface area contributed by atoms with Crippen molar-refractivity contribution in [3.05, 3.63) is 34.8 Å². The molecule has 1 aliphatic heterocycles. The molecule has 1 aliphatic rings. The first kappa shape index (κ1) is 14.0. The zero-order chi connectivity index (χ0) is 14.8. The predicted octanol–water partition coefficient (Wildman–Crippen LogP) is 2.39. The van der Waals surface area contributed by atoms with Gasteiger partial charge in [0.15, 0.2) is 0 Å². The Morgan fingerprint density at radius 1 is 1.48 bits per heavy atom. The Bertz CT molecular complexity index is 663. The van der Waals surface area contributed by atoms with Crippen molar-refractivity contribution in [3.8, 4) is 16.3 Å². The summed E-state index contributed by atoms with van der Waals surface area (Å²) in [6.07, 6.45) is 2.69. The molecule has 1 aromatic carbocycles. The maximum Gasteiger partial charge on any atom is 0.248 e. The second-order valence-electron chi connectivity index (χ2n) is 4.99. The van der Waals surface area contributed by atoms with E-state index in [1.807, 2.05) is 19.2 Å². The number of carbonyl (C=O) groups excluding carboxylic acids is 1. The minimum Gasteiger partial charge on any atom is -0.488 e. The van der Waals surface area contributed by atoms with Crippen LogP contribution in [0.2, 0.25) is 0 Å². The van der Waals surface area contributed by atoms with Gasteiger partial charge in [-0.05, 0) is 25.1 Å². The van der Waals surface area contributed by atoms with Crippen LogP contribution in [0.4, 0.5) is 0 Å². The SMILES string of the molecule is Cc1cnc(-c2cc(O[C@@H]3CCOC3)cc(C(N)=O)c2)s1. The molecule has 6 heteroatoms. The number of rotatable bonds is 4. The van der Waals surface area contributed by atoms with Gasteiger partial charge in [0.05, 0.1) is 13.2 Å². The molecule has 1 atom stereocenters. The summed E-state index contributed by atoms with van der Waals surface area (Å²) in [7, 11) is 0. The van der Waals surface area contributed by atoms with Gasteiger partial charge in [0, 0.05) is 28.6 Å². The highest BCUT2D eigenvalue weighted by Gasteiger charge is 2.18. The minimum atomic E-state index is -0.474. The lowest BCUT2D eigenvalue weighted by Gasteiger charge is -2.13. The van der Waals surface area contributed by atoms with Crippen molar-refractivity contribution < 1.29 is 14.3 Å². The number of nitrogens with zero attached hydrogens (tertiary/aromatic N) is 1. The van der Waals surface area contributed by atoms with Crippen LogP contribution >= 0.6 is 11.3 Å². The van der Waals surface area contributed by atoms with Crippen molar-refractivity contribution in [3.63, 3.8) is 0 Å². The van der Waals surface area contributed by atoms with E-state index in [0.29, 0.717) is 24.5 Å². The van der Waals surface area contributed by atoms with Gasteiger partial charge in [-0.2, -0.15) is 0 Å². The molecule has 0 saturated carbocycles. The third kappa shape index (κ3) is 3.22. The maximum atomic E-state index is 11.5. The number of carbonyl (C=O) groups is 1. The number of aryl methyl sites for hydroxylation is 1. The Morgan fingerprint density at radius 3 is 2.95 bits per heavy atom. The normalized spacial score (nSPS) is 17.9. The molecular weight excluding hydrogens is 288 g/mol. The van der Waals surface area contributed by atoms with Crippen molar-refractivity contribution in [2.75, 3.05) is 13.2 Å². The van der Waals surface area contributed by atoms with Crippen LogP contribution < -0.4 is 10.5 Å². The molecule has 110 valence electrons. The van der Waals surface area contributed by atoms with E-state index in [4.69, 9.17) is 15.2 Å². The summed E-state index contributed by atoms with van der Waals surface area (Å²) >= 11 is 1.57. The van der Waals surface area contributed by atoms with Gasteiger partial charge < -0.3 is 15.2 Å². The number of hydrogen-bond acceptors (Lipinski definition) is 5. The van der Waals surface area contributed by atoms with Crippen LogP contribution in [0.3, 0.4) is 0 Å². The quantitative estimate of drug-likeness (QED) is 0.941. The van der Waals surface area contributed by atoms with Gasteiger partial charge in [0.1, 0.15) is 16.9 Å². The molecule has 1 aromatic heterocycles. The number of aromatic nitrogens is 1. The van der Waals surface area contributed by atoms with Crippen LogP contribution in [0.25, 0.3) is 10.6 Å². The minimum absolute atomic E-state index is 0.0269. The second kappa shape index (κ2) is 5.83. The average Bonchev–Trinajstić information content (AvgIpc) is 3.10. The number of ether oxygens (including phenoxy) is 2. The lowest BCUT2D eigenvalue weighted by molar-refractivity contribution is 0.0999. The topological polar surface area (TPSA) is 74.4 Å². The highest BCUT2D eigenvalue weighted by molar-refractivity contribution is 7.14. The monoisotopic (exact) mass is 304 g/mol. The molecule has 1 fully saturated rings. The number of amides is 1. The molecule has 1 saturated heterocycles. The number of thiazole rings is 1. The van der Waals surface area contributed by atoms with E-state index in [2.05, 4.69) is 4.98 Å². The number of hydrogen-bond donors (Lipinski definition) is 1. The standard InChI is InChI=1S/C15H16N2O3S/c1-9-7-17-15(21-9)11-4-10(14(16)18)5-13(6-11)20-12-2-3-19-8-12/h4-7,12H,2-3,8H2,1H3,(H2,16,18)/t12-/m1/s1. The smallest absolute Gasteiger partial charge is 0.248 e. The Hall–Kier alpha value is -1.92. The molecule has 0 bridgehead atoms. The Kier molecular flexibility index (Phi) is 3.90. The first-order chi connectivity index (χ1) is 10.1. The van der Waals surface area contributed by atoms with Crippen LogP contribution in [0.1, 0.15) is 21.7 Å². The van der Waals surface area contributed by atoms with Gasteiger partial charge in [-0.15, -0.1) is 11.3 Å². The average molecular weight is 304 g/mol. The van der Waals surface area contributed by atoms with Gasteiger partial charge in [0.2, 0.25) is 5.91 Å². The van der Waals surface area contributed by atoms with E-state index in [-0.39, 0.29) is 6.10 Å².